The van der Waals surface area contributed by atoms with Crippen LogP contribution in [0.25, 0.3) is 0 Å². The summed E-state index contributed by atoms with van der Waals surface area (Å²) in [6.07, 6.45) is 0.839. The summed E-state index contributed by atoms with van der Waals surface area (Å²) in [4.78, 5) is 25.9. The van der Waals surface area contributed by atoms with Crippen LogP contribution in [0.1, 0.15) is 13.3 Å². The summed E-state index contributed by atoms with van der Waals surface area (Å²) in [7, 11) is 1.97. The monoisotopic (exact) mass is 214 g/mol. The Morgan fingerprint density at radius 1 is 1.53 bits per heavy atom. The Balaban J connectivity index is 2.53. The second kappa shape index (κ2) is 5.11. The first-order valence-corrected chi connectivity index (χ1v) is 5.23. The van der Waals surface area contributed by atoms with E-state index in [-0.39, 0.29) is 18.4 Å². The minimum Gasteiger partial charge on any atom is -0.480 e. The molecule has 1 rings (SSSR count). The van der Waals surface area contributed by atoms with Crippen molar-refractivity contribution in [2.45, 2.75) is 13.3 Å². The van der Waals surface area contributed by atoms with E-state index in [0.29, 0.717) is 6.54 Å². The second-order valence-corrected chi connectivity index (χ2v) is 3.99. The van der Waals surface area contributed by atoms with Crippen molar-refractivity contribution >= 4 is 11.9 Å². The van der Waals surface area contributed by atoms with Crippen LogP contribution in [-0.2, 0) is 9.59 Å². The van der Waals surface area contributed by atoms with Gasteiger partial charge in [-0.2, -0.15) is 0 Å². The van der Waals surface area contributed by atoms with Gasteiger partial charge in [-0.25, -0.2) is 0 Å². The summed E-state index contributed by atoms with van der Waals surface area (Å²) in [6.45, 7) is 3.75. The molecule has 0 spiro atoms. The molecule has 5 nitrogen and oxygen atoms in total. The van der Waals surface area contributed by atoms with Crippen LogP contribution in [0.5, 0.6) is 0 Å². The Labute approximate surface area is 89.7 Å². The van der Waals surface area contributed by atoms with Gasteiger partial charge in [-0.3, -0.25) is 9.59 Å². The molecular formula is C10H18N2O3. The van der Waals surface area contributed by atoms with Crippen molar-refractivity contribution in [1.82, 2.24) is 9.80 Å². The molecule has 1 saturated heterocycles. The number of likely N-dealkylation sites (N-methyl/N-ethyl adjacent to an activating group) is 1. The standard InChI is InChI=1S/C10H18N2O3/c1-3-12(7-9(13)14)10(15)8-4-5-11(2)6-8/h8H,3-7H2,1-2H3,(H,13,14). The Kier molecular flexibility index (Phi) is 4.08. The molecule has 1 unspecified atom stereocenters. The van der Waals surface area contributed by atoms with E-state index in [9.17, 15) is 9.59 Å². The summed E-state index contributed by atoms with van der Waals surface area (Å²) in [5, 5.41) is 8.65. The zero-order valence-corrected chi connectivity index (χ0v) is 9.27. The van der Waals surface area contributed by atoms with E-state index >= 15 is 0 Å². The molecule has 0 aliphatic carbocycles. The smallest absolute Gasteiger partial charge is 0.323 e. The third-order valence-corrected chi connectivity index (χ3v) is 2.76. The van der Waals surface area contributed by atoms with Gasteiger partial charge in [0.05, 0.1) is 5.92 Å². The van der Waals surface area contributed by atoms with E-state index in [1.54, 1.807) is 6.92 Å². The fraction of sp³-hybridized carbons (Fsp3) is 0.800. The van der Waals surface area contributed by atoms with Gasteiger partial charge in [-0.05, 0) is 26.9 Å². The Bertz CT molecular complexity index is 255. The lowest BCUT2D eigenvalue weighted by Gasteiger charge is -2.22. The van der Waals surface area contributed by atoms with E-state index in [1.165, 1.54) is 4.90 Å². The number of aliphatic carboxylic acids is 1. The fourth-order valence-corrected chi connectivity index (χ4v) is 1.90. The van der Waals surface area contributed by atoms with Gasteiger partial charge in [0, 0.05) is 13.1 Å². The van der Waals surface area contributed by atoms with Crippen molar-refractivity contribution in [3.8, 4) is 0 Å². The van der Waals surface area contributed by atoms with Crippen molar-refractivity contribution in [1.29, 1.82) is 0 Å². The number of carboxylic acid groups (broad SMARTS) is 1. The molecule has 0 bridgehead atoms. The summed E-state index contributed by atoms with van der Waals surface area (Å²) < 4.78 is 0. The average Bonchev–Trinajstić information content (AvgIpc) is 2.60. The fourth-order valence-electron chi connectivity index (χ4n) is 1.90. The van der Waals surface area contributed by atoms with E-state index in [4.69, 9.17) is 5.11 Å². The third-order valence-electron chi connectivity index (χ3n) is 2.76. The molecule has 86 valence electrons. The molecule has 15 heavy (non-hydrogen) atoms. The van der Waals surface area contributed by atoms with Crippen LogP contribution in [0.4, 0.5) is 0 Å². The van der Waals surface area contributed by atoms with Crippen molar-refractivity contribution in [3.63, 3.8) is 0 Å². The van der Waals surface area contributed by atoms with Gasteiger partial charge in [0.1, 0.15) is 6.54 Å². The SMILES string of the molecule is CCN(CC(=O)O)C(=O)C1CCN(C)C1. The summed E-state index contributed by atoms with van der Waals surface area (Å²) >= 11 is 0. The number of hydrogen-bond donors (Lipinski definition) is 1. The summed E-state index contributed by atoms with van der Waals surface area (Å²) in [5.41, 5.74) is 0. The Morgan fingerprint density at radius 3 is 2.60 bits per heavy atom. The maximum absolute atomic E-state index is 11.9. The minimum atomic E-state index is -0.948. The van der Waals surface area contributed by atoms with E-state index in [1.807, 2.05) is 7.05 Å². The number of hydrogen-bond acceptors (Lipinski definition) is 3. The molecule has 0 aromatic carbocycles. The molecule has 5 heteroatoms. The van der Waals surface area contributed by atoms with Gasteiger partial charge in [-0.15, -0.1) is 0 Å². The number of carbonyl (C=O) groups is 2. The lowest BCUT2D eigenvalue weighted by atomic mass is 10.1. The predicted molar refractivity (Wildman–Crippen MR) is 55.5 cm³/mol. The van der Waals surface area contributed by atoms with Gasteiger partial charge in [0.15, 0.2) is 0 Å². The third kappa shape index (κ3) is 3.20. The Morgan fingerprint density at radius 2 is 2.20 bits per heavy atom. The molecule has 0 radical (unpaired) electrons. The van der Waals surface area contributed by atoms with Crippen molar-refractivity contribution < 1.29 is 14.7 Å². The summed E-state index contributed by atoms with van der Waals surface area (Å²) in [5.74, 6) is -0.991. The molecular weight excluding hydrogens is 196 g/mol. The van der Waals surface area contributed by atoms with Crippen LogP contribution >= 0.6 is 0 Å². The molecule has 1 aliphatic heterocycles. The molecule has 1 N–H and O–H groups in total. The normalized spacial score (nSPS) is 21.6. The van der Waals surface area contributed by atoms with Crippen LogP contribution in [0.15, 0.2) is 0 Å². The molecule has 0 aromatic heterocycles. The van der Waals surface area contributed by atoms with E-state index in [2.05, 4.69) is 4.90 Å². The lowest BCUT2D eigenvalue weighted by Crippen LogP contribution is -2.40. The van der Waals surface area contributed by atoms with Gasteiger partial charge in [-0.1, -0.05) is 0 Å². The molecule has 1 atom stereocenters. The van der Waals surface area contributed by atoms with Crippen molar-refractivity contribution in [2.75, 3.05) is 33.2 Å². The molecule has 1 amide bonds. The zero-order chi connectivity index (χ0) is 11.4. The highest BCUT2D eigenvalue weighted by Gasteiger charge is 2.29. The largest absolute Gasteiger partial charge is 0.480 e. The van der Waals surface area contributed by atoms with E-state index < -0.39 is 5.97 Å². The molecule has 1 fully saturated rings. The van der Waals surface area contributed by atoms with Crippen LogP contribution in [0.3, 0.4) is 0 Å². The first-order chi connectivity index (χ1) is 7.04. The Hall–Kier alpha value is -1.10. The molecule has 1 aliphatic rings. The second-order valence-electron chi connectivity index (χ2n) is 3.99. The lowest BCUT2D eigenvalue weighted by molar-refractivity contribution is -0.145. The van der Waals surface area contributed by atoms with Gasteiger partial charge in [0.2, 0.25) is 5.91 Å². The van der Waals surface area contributed by atoms with E-state index in [0.717, 1.165) is 19.5 Å². The predicted octanol–water partition coefficient (Wildman–Crippen LogP) is -0.129. The van der Waals surface area contributed by atoms with Gasteiger partial charge in [0.25, 0.3) is 0 Å². The quantitative estimate of drug-likeness (QED) is 0.708. The molecule has 1 heterocycles. The van der Waals surface area contributed by atoms with Crippen LogP contribution < -0.4 is 0 Å². The first kappa shape index (κ1) is 12.0. The molecule has 0 aromatic rings. The number of likely N-dealkylation sites (tertiary alicyclic amines) is 1. The number of carbonyl (C=O) groups excluding carboxylic acids is 1. The topological polar surface area (TPSA) is 60.9 Å². The number of nitrogens with zero attached hydrogens (tertiary/aromatic N) is 2. The maximum Gasteiger partial charge on any atom is 0.323 e. The van der Waals surface area contributed by atoms with Crippen molar-refractivity contribution in [2.24, 2.45) is 5.92 Å². The number of rotatable bonds is 4. The highest BCUT2D eigenvalue weighted by molar-refractivity contribution is 5.83. The maximum atomic E-state index is 11.9. The summed E-state index contributed by atoms with van der Waals surface area (Å²) in [6, 6.07) is 0. The average molecular weight is 214 g/mol. The van der Waals surface area contributed by atoms with Gasteiger partial charge >= 0.3 is 5.97 Å². The zero-order valence-electron chi connectivity index (χ0n) is 9.27. The number of carboxylic acids is 1. The molecule has 0 saturated carbocycles. The number of amides is 1. The van der Waals surface area contributed by atoms with Gasteiger partial charge < -0.3 is 14.9 Å². The minimum absolute atomic E-state index is 0.0192. The van der Waals surface area contributed by atoms with Crippen molar-refractivity contribution in [3.05, 3.63) is 0 Å². The van der Waals surface area contributed by atoms with Crippen LogP contribution in [0.2, 0.25) is 0 Å². The van der Waals surface area contributed by atoms with Crippen LogP contribution in [0, 0.1) is 5.92 Å². The first-order valence-electron chi connectivity index (χ1n) is 5.23. The highest BCUT2D eigenvalue weighted by Crippen LogP contribution is 2.16. The highest BCUT2D eigenvalue weighted by atomic mass is 16.4. The van der Waals surface area contributed by atoms with Crippen LogP contribution in [-0.4, -0.2) is 60.0 Å².